The number of carbonyl (C=O) groups is 1. The van der Waals surface area contributed by atoms with E-state index in [4.69, 9.17) is 9.26 Å². The normalized spacial score (nSPS) is 11.9. The molecule has 24 heavy (non-hydrogen) atoms. The van der Waals surface area contributed by atoms with Crippen molar-refractivity contribution >= 4 is 5.91 Å². The van der Waals surface area contributed by atoms with E-state index in [2.05, 4.69) is 20.6 Å². The lowest BCUT2D eigenvalue weighted by Crippen LogP contribution is -2.31. The van der Waals surface area contributed by atoms with Crippen molar-refractivity contribution in [1.82, 2.24) is 25.2 Å². The minimum absolute atomic E-state index is 0.118. The topological polar surface area (TPSA) is 95.1 Å². The Morgan fingerprint density at radius 1 is 1.38 bits per heavy atom. The van der Waals surface area contributed by atoms with Crippen molar-refractivity contribution in [3.05, 3.63) is 54.3 Å². The Balaban J connectivity index is 1.54. The number of nitrogens with zero attached hydrogens (tertiary/aromatic N) is 4. The molecule has 0 saturated heterocycles. The number of benzene rings is 1. The van der Waals surface area contributed by atoms with Crippen LogP contribution in [0.1, 0.15) is 24.3 Å². The van der Waals surface area contributed by atoms with Crippen molar-refractivity contribution in [2.75, 3.05) is 6.61 Å². The fraction of sp³-hybridized carbons (Fsp3) is 0.250. The van der Waals surface area contributed by atoms with Crippen LogP contribution in [-0.2, 0) is 4.79 Å². The highest BCUT2D eigenvalue weighted by Gasteiger charge is 2.11. The third-order valence-corrected chi connectivity index (χ3v) is 3.41. The molecule has 0 spiro atoms. The molecule has 3 rings (SSSR count). The maximum absolute atomic E-state index is 11.9. The summed E-state index contributed by atoms with van der Waals surface area (Å²) in [6.45, 7) is 3.54. The first kappa shape index (κ1) is 15.7. The fourth-order valence-electron chi connectivity index (χ4n) is 2.17. The van der Waals surface area contributed by atoms with Gasteiger partial charge in [-0.2, -0.15) is 5.10 Å². The van der Waals surface area contributed by atoms with Gasteiger partial charge >= 0.3 is 0 Å². The minimum Gasteiger partial charge on any atom is -0.465 e. The molecule has 1 amide bonds. The lowest BCUT2D eigenvalue weighted by molar-refractivity contribution is -0.123. The quantitative estimate of drug-likeness (QED) is 0.742. The summed E-state index contributed by atoms with van der Waals surface area (Å²) >= 11 is 0. The van der Waals surface area contributed by atoms with Gasteiger partial charge in [-0.05, 0) is 36.7 Å². The second-order valence-corrected chi connectivity index (χ2v) is 5.29. The number of nitrogens with one attached hydrogen (secondary N) is 1. The summed E-state index contributed by atoms with van der Waals surface area (Å²) in [7, 11) is 0. The summed E-state index contributed by atoms with van der Waals surface area (Å²) < 4.78 is 11.8. The van der Waals surface area contributed by atoms with Crippen LogP contribution >= 0.6 is 0 Å². The van der Waals surface area contributed by atoms with E-state index in [1.165, 1.54) is 6.33 Å². The zero-order chi connectivity index (χ0) is 16.9. The lowest BCUT2D eigenvalue weighted by Gasteiger charge is -2.14. The average Bonchev–Trinajstić information content (AvgIpc) is 3.25. The number of aromatic nitrogens is 4. The number of hydrogen-bond donors (Lipinski definition) is 1. The van der Waals surface area contributed by atoms with Crippen LogP contribution in [0.5, 0.6) is 5.88 Å². The van der Waals surface area contributed by atoms with Crippen molar-refractivity contribution in [3.8, 4) is 11.6 Å². The van der Waals surface area contributed by atoms with Gasteiger partial charge in [-0.15, -0.1) is 0 Å². The molecule has 0 aliphatic carbocycles. The molecule has 8 nitrogen and oxygen atoms in total. The Hall–Kier alpha value is -3.16. The van der Waals surface area contributed by atoms with Gasteiger partial charge in [0.1, 0.15) is 18.4 Å². The van der Waals surface area contributed by atoms with Crippen LogP contribution in [0.3, 0.4) is 0 Å². The van der Waals surface area contributed by atoms with Crippen LogP contribution in [0.4, 0.5) is 0 Å². The van der Waals surface area contributed by atoms with Gasteiger partial charge in [0.2, 0.25) is 0 Å². The first-order valence-corrected chi connectivity index (χ1v) is 7.42. The molecular weight excluding hydrogens is 310 g/mol. The zero-order valence-electron chi connectivity index (χ0n) is 13.3. The lowest BCUT2D eigenvalue weighted by atomic mass is 10.1. The van der Waals surface area contributed by atoms with E-state index in [1.807, 2.05) is 31.2 Å². The van der Waals surface area contributed by atoms with Gasteiger partial charge in [0.05, 0.1) is 11.7 Å². The Labute approximate surface area is 138 Å². The molecule has 0 aliphatic heterocycles. The summed E-state index contributed by atoms with van der Waals surface area (Å²) in [5, 5.41) is 10.6. The summed E-state index contributed by atoms with van der Waals surface area (Å²) in [6.07, 6.45) is 3.11. The maximum Gasteiger partial charge on any atom is 0.258 e. The summed E-state index contributed by atoms with van der Waals surface area (Å²) in [5.41, 5.74) is 1.88. The Bertz CT molecular complexity index is 795. The number of hydrogen-bond acceptors (Lipinski definition) is 6. The third-order valence-electron chi connectivity index (χ3n) is 3.41. The van der Waals surface area contributed by atoms with Crippen LogP contribution < -0.4 is 10.1 Å². The molecule has 1 aromatic carbocycles. The highest BCUT2D eigenvalue weighted by atomic mass is 16.5. The molecule has 0 bridgehead atoms. The van der Waals surface area contributed by atoms with Gasteiger partial charge in [0.15, 0.2) is 6.61 Å². The SMILES string of the molecule is Cc1cc(OCC(=O)N[C@H](C)c2ccc(-n3cncn3)cc2)no1. The molecule has 1 N–H and O–H groups in total. The molecule has 1 atom stereocenters. The average molecular weight is 327 g/mol. The predicted molar refractivity (Wildman–Crippen MR) is 84.7 cm³/mol. The zero-order valence-corrected chi connectivity index (χ0v) is 13.3. The highest BCUT2D eigenvalue weighted by molar-refractivity contribution is 5.77. The van der Waals surface area contributed by atoms with Crippen molar-refractivity contribution in [2.45, 2.75) is 19.9 Å². The molecular formula is C16H17N5O3. The van der Waals surface area contributed by atoms with Crippen molar-refractivity contribution in [2.24, 2.45) is 0 Å². The van der Waals surface area contributed by atoms with Crippen molar-refractivity contribution < 1.29 is 14.1 Å². The van der Waals surface area contributed by atoms with Crippen LogP contribution in [0.25, 0.3) is 5.69 Å². The first-order valence-electron chi connectivity index (χ1n) is 7.42. The molecule has 124 valence electrons. The van der Waals surface area contributed by atoms with E-state index in [1.54, 1.807) is 24.0 Å². The molecule has 0 aliphatic rings. The first-order chi connectivity index (χ1) is 11.6. The van der Waals surface area contributed by atoms with E-state index >= 15 is 0 Å². The Morgan fingerprint density at radius 3 is 2.79 bits per heavy atom. The number of rotatable bonds is 6. The van der Waals surface area contributed by atoms with Crippen LogP contribution in [0.15, 0.2) is 47.5 Å². The molecule has 3 aromatic rings. The number of ether oxygens (including phenoxy) is 1. The largest absolute Gasteiger partial charge is 0.465 e. The number of carbonyl (C=O) groups excluding carboxylic acids is 1. The van der Waals surface area contributed by atoms with Crippen LogP contribution in [0, 0.1) is 6.92 Å². The van der Waals surface area contributed by atoms with Crippen molar-refractivity contribution in [1.29, 1.82) is 0 Å². The number of aryl methyl sites for hydroxylation is 1. The fourth-order valence-corrected chi connectivity index (χ4v) is 2.17. The second kappa shape index (κ2) is 6.95. The summed E-state index contributed by atoms with van der Waals surface area (Å²) in [5.74, 6) is 0.697. The molecule has 8 heteroatoms. The predicted octanol–water partition coefficient (Wildman–Crippen LogP) is 1.82. The molecule has 0 saturated carbocycles. The monoisotopic (exact) mass is 327 g/mol. The Kier molecular flexibility index (Phi) is 4.55. The molecule has 0 unspecified atom stereocenters. The van der Waals surface area contributed by atoms with E-state index in [0.717, 1.165) is 11.3 Å². The standard InChI is InChI=1S/C16H17N5O3/c1-11-7-16(20-24-11)23-8-15(22)19-12(2)13-3-5-14(6-4-13)21-10-17-9-18-21/h3-7,9-10,12H,8H2,1-2H3,(H,19,22)/t12-/m1/s1. The smallest absolute Gasteiger partial charge is 0.258 e. The van der Waals surface area contributed by atoms with Gasteiger partial charge in [0, 0.05) is 6.07 Å². The minimum atomic E-state index is -0.233. The number of amides is 1. The summed E-state index contributed by atoms with van der Waals surface area (Å²) in [6, 6.07) is 9.18. The van der Waals surface area contributed by atoms with E-state index < -0.39 is 0 Å². The van der Waals surface area contributed by atoms with Gasteiger partial charge in [-0.25, -0.2) is 9.67 Å². The molecule has 0 radical (unpaired) electrons. The maximum atomic E-state index is 11.9. The molecule has 2 aromatic heterocycles. The third kappa shape index (κ3) is 3.78. The van der Waals surface area contributed by atoms with Gasteiger partial charge in [-0.3, -0.25) is 4.79 Å². The molecule has 0 fully saturated rings. The van der Waals surface area contributed by atoms with E-state index in [0.29, 0.717) is 11.6 Å². The van der Waals surface area contributed by atoms with Crippen LogP contribution in [0.2, 0.25) is 0 Å². The van der Waals surface area contributed by atoms with Gasteiger partial charge < -0.3 is 14.6 Å². The van der Waals surface area contributed by atoms with E-state index in [-0.39, 0.29) is 18.6 Å². The van der Waals surface area contributed by atoms with Gasteiger partial charge in [0.25, 0.3) is 11.8 Å². The summed E-state index contributed by atoms with van der Waals surface area (Å²) in [4.78, 5) is 15.9. The van der Waals surface area contributed by atoms with Crippen LogP contribution in [-0.4, -0.2) is 32.4 Å². The van der Waals surface area contributed by atoms with Gasteiger partial charge in [-0.1, -0.05) is 12.1 Å². The van der Waals surface area contributed by atoms with E-state index in [9.17, 15) is 4.79 Å². The second-order valence-electron chi connectivity index (χ2n) is 5.29. The molecule has 2 heterocycles. The van der Waals surface area contributed by atoms with Crippen molar-refractivity contribution in [3.63, 3.8) is 0 Å². The Morgan fingerprint density at radius 2 is 2.17 bits per heavy atom. The highest BCUT2D eigenvalue weighted by Crippen LogP contribution is 2.15.